The summed E-state index contributed by atoms with van der Waals surface area (Å²) in [5.74, 6) is -0.385. The van der Waals surface area contributed by atoms with Gasteiger partial charge in [-0.25, -0.2) is 0 Å². The molecule has 1 aromatic rings. The van der Waals surface area contributed by atoms with Crippen LogP contribution in [0.4, 0.5) is 0 Å². The van der Waals surface area contributed by atoms with Gasteiger partial charge in [-0.15, -0.1) is 0 Å². The lowest BCUT2D eigenvalue weighted by molar-refractivity contribution is -0.126. The minimum absolute atomic E-state index is 0.0812. The molecular weight excluding hydrogens is 258 g/mol. The molecule has 20 heavy (non-hydrogen) atoms. The van der Waals surface area contributed by atoms with Gasteiger partial charge in [-0.3, -0.25) is 14.9 Å². The first-order chi connectivity index (χ1) is 9.73. The Balaban J connectivity index is 1.95. The van der Waals surface area contributed by atoms with Gasteiger partial charge in [-0.1, -0.05) is 36.4 Å². The van der Waals surface area contributed by atoms with Crippen molar-refractivity contribution in [3.8, 4) is 0 Å². The van der Waals surface area contributed by atoms with Gasteiger partial charge >= 0.3 is 0 Å². The summed E-state index contributed by atoms with van der Waals surface area (Å²) in [6.07, 6.45) is 3.45. The highest BCUT2D eigenvalue weighted by Gasteiger charge is 2.60. The van der Waals surface area contributed by atoms with E-state index in [4.69, 9.17) is 9.47 Å². The Labute approximate surface area is 114 Å². The number of hydrogen-bond acceptors (Lipinski definition) is 4. The Hall–Kier alpha value is -2.56. The van der Waals surface area contributed by atoms with E-state index < -0.39 is 11.3 Å². The van der Waals surface area contributed by atoms with Gasteiger partial charge in [0.05, 0.1) is 0 Å². The lowest BCUT2D eigenvalue weighted by Crippen LogP contribution is -2.40. The number of allylic oxidation sites excluding steroid dienone is 1. The van der Waals surface area contributed by atoms with Crippen molar-refractivity contribution in [1.29, 1.82) is 0 Å². The Morgan fingerprint density at radius 3 is 2.75 bits per heavy atom. The Bertz CT molecular complexity index is 676. The average Bonchev–Trinajstić information content (AvgIpc) is 3.03. The van der Waals surface area contributed by atoms with E-state index in [1.54, 1.807) is 12.2 Å². The molecule has 1 aliphatic carbocycles. The molecular formula is C15H11NO4. The Kier molecular flexibility index (Phi) is 2.10. The van der Waals surface area contributed by atoms with Gasteiger partial charge in [0, 0.05) is 0 Å². The molecule has 0 aromatic heterocycles. The molecule has 2 unspecified atom stereocenters. The van der Waals surface area contributed by atoms with E-state index in [1.807, 2.05) is 30.3 Å². The number of imide groups is 1. The lowest BCUT2D eigenvalue weighted by atomic mass is 9.68. The summed E-state index contributed by atoms with van der Waals surface area (Å²) in [7, 11) is 0. The van der Waals surface area contributed by atoms with Crippen LogP contribution >= 0.6 is 0 Å². The van der Waals surface area contributed by atoms with Crippen molar-refractivity contribution >= 4 is 11.8 Å². The molecule has 2 atom stereocenters. The predicted octanol–water partition coefficient (Wildman–Crippen LogP) is 0.983. The molecule has 0 radical (unpaired) electrons. The van der Waals surface area contributed by atoms with E-state index >= 15 is 0 Å². The molecule has 5 heteroatoms. The van der Waals surface area contributed by atoms with E-state index in [0.29, 0.717) is 11.5 Å². The molecule has 3 aliphatic rings. The number of carbonyl (C=O) groups excluding carboxylic acids is 2. The summed E-state index contributed by atoms with van der Waals surface area (Å²) >= 11 is 0. The monoisotopic (exact) mass is 269 g/mol. The molecule has 4 rings (SSSR count). The van der Waals surface area contributed by atoms with Crippen LogP contribution in [0, 0.1) is 5.92 Å². The van der Waals surface area contributed by atoms with Crippen LogP contribution in [0.5, 0.6) is 0 Å². The summed E-state index contributed by atoms with van der Waals surface area (Å²) in [6.45, 7) is 0.0812. The van der Waals surface area contributed by atoms with Crippen molar-refractivity contribution < 1.29 is 19.1 Å². The van der Waals surface area contributed by atoms with Gasteiger partial charge in [0.25, 0.3) is 0 Å². The standard InChI is InChI=1S/C15H11NO4/c17-13-11-12-10(19-8-20-12)6-7-15(11,14(18)16-13)9-4-2-1-3-5-9/h1-7,11H,8H2,(H,16,17,18). The predicted molar refractivity (Wildman–Crippen MR) is 68.0 cm³/mol. The first-order valence-electron chi connectivity index (χ1n) is 6.33. The lowest BCUT2D eigenvalue weighted by Gasteiger charge is -2.30. The van der Waals surface area contributed by atoms with Gasteiger partial charge in [-0.05, 0) is 11.6 Å². The number of ether oxygens (including phenoxy) is 2. The Morgan fingerprint density at radius 2 is 1.95 bits per heavy atom. The molecule has 2 aliphatic heterocycles. The van der Waals surface area contributed by atoms with Crippen LogP contribution < -0.4 is 5.32 Å². The molecule has 0 bridgehead atoms. The van der Waals surface area contributed by atoms with Crippen LogP contribution in [-0.2, 0) is 24.5 Å². The molecule has 0 saturated carbocycles. The topological polar surface area (TPSA) is 64.6 Å². The van der Waals surface area contributed by atoms with Crippen molar-refractivity contribution in [3.05, 3.63) is 59.6 Å². The summed E-state index contributed by atoms with van der Waals surface area (Å²) in [5.41, 5.74) is -0.267. The SMILES string of the molecule is O=C1NC(=O)C2(c3ccccc3)C=CC3=C(OCO3)C12. The summed E-state index contributed by atoms with van der Waals surface area (Å²) in [6, 6.07) is 9.26. The first kappa shape index (κ1) is 11.3. The van der Waals surface area contributed by atoms with Crippen molar-refractivity contribution in [2.75, 3.05) is 6.79 Å². The zero-order chi connectivity index (χ0) is 13.7. The Morgan fingerprint density at radius 1 is 1.15 bits per heavy atom. The quantitative estimate of drug-likeness (QED) is 0.772. The van der Waals surface area contributed by atoms with Crippen molar-refractivity contribution in [3.63, 3.8) is 0 Å². The van der Waals surface area contributed by atoms with Crippen LogP contribution in [0.2, 0.25) is 0 Å². The molecule has 2 amide bonds. The van der Waals surface area contributed by atoms with E-state index in [2.05, 4.69) is 5.32 Å². The number of benzene rings is 1. The number of amides is 2. The maximum Gasteiger partial charge on any atom is 0.242 e. The fourth-order valence-corrected chi connectivity index (χ4v) is 3.09. The van der Waals surface area contributed by atoms with Crippen molar-refractivity contribution in [1.82, 2.24) is 5.32 Å². The minimum atomic E-state index is -1.04. The molecule has 5 nitrogen and oxygen atoms in total. The summed E-state index contributed by atoms with van der Waals surface area (Å²) in [4.78, 5) is 24.6. The van der Waals surface area contributed by atoms with Gasteiger partial charge in [0.2, 0.25) is 18.6 Å². The normalized spacial score (nSPS) is 30.5. The second kappa shape index (κ2) is 3.72. The van der Waals surface area contributed by atoms with Gasteiger partial charge in [0.15, 0.2) is 11.5 Å². The smallest absolute Gasteiger partial charge is 0.242 e. The number of rotatable bonds is 1. The number of carbonyl (C=O) groups is 2. The maximum absolute atomic E-state index is 12.4. The zero-order valence-corrected chi connectivity index (χ0v) is 10.5. The molecule has 1 fully saturated rings. The fourth-order valence-electron chi connectivity index (χ4n) is 3.09. The molecule has 0 spiro atoms. The van der Waals surface area contributed by atoms with Crippen LogP contribution in [-0.4, -0.2) is 18.6 Å². The molecule has 1 saturated heterocycles. The van der Waals surface area contributed by atoms with E-state index in [9.17, 15) is 9.59 Å². The highest BCUT2D eigenvalue weighted by atomic mass is 16.7. The second-order valence-electron chi connectivity index (χ2n) is 4.95. The van der Waals surface area contributed by atoms with Crippen molar-refractivity contribution in [2.24, 2.45) is 5.92 Å². The zero-order valence-electron chi connectivity index (χ0n) is 10.5. The average molecular weight is 269 g/mol. The van der Waals surface area contributed by atoms with Gasteiger partial charge < -0.3 is 9.47 Å². The van der Waals surface area contributed by atoms with Crippen LogP contribution in [0.3, 0.4) is 0 Å². The molecule has 1 N–H and O–H groups in total. The third kappa shape index (κ3) is 1.22. The third-order valence-electron chi connectivity index (χ3n) is 4.01. The largest absolute Gasteiger partial charge is 0.457 e. The van der Waals surface area contributed by atoms with E-state index in [0.717, 1.165) is 5.56 Å². The van der Waals surface area contributed by atoms with Crippen LogP contribution in [0.15, 0.2) is 54.0 Å². The number of hydrogen-bond donors (Lipinski definition) is 1. The van der Waals surface area contributed by atoms with Gasteiger partial charge in [-0.2, -0.15) is 0 Å². The second-order valence-corrected chi connectivity index (χ2v) is 4.95. The van der Waals surface area contributed by atoms with Crippen LogP contribution in [0.1, 0.15) is 5.56 Å². The van der Waals surface area contributed by atoms with Gasteiger partial charge in [0.1, 0.15) is 11.3 Å². The highest BCUT2D eigenvalue weighted by molar-refractivity contribution is 6.13. The van der Waals surface area contributed by atoms with E-state index in [-0.39, 0.29) is 18.6 Å². The minimum Gasteiger partial charge on any atom is -0.457 e. The molecule has 2 heterocycles. The number of nitrogens with one attached hydrogen (secondary N) is 1. The van der Waals surface area contributed by atoms with E-state index in [1.165, 1.54) is 0 Å². The number of fused-ring (bicyclic) bond motifs is 2. The maximum atomic E-state index is 12.4. The first-order valence-corrected chi connectivity index (χ1v) is 6.33. The van der Waals surface area contributed by atoms with Crippen molar-refractivity contribution in [2.45, 2.75) is 5.41 Å². The molecule has 100 valence electrons. The summed E-state index contributed by atoms with van der Waals surface area (Å²) < 4.78 is 10.7. The molecule has 1 aromatic carbocycles. The summed E-state index contributed by atoms with van der Waals surface area (Å²) in [5, 5.41) is 2.41. The highest BCUT2D eigenvalue weighted by Crippen LogP contribution is 2.47. The van der Waals surface area contributed by atoms with Crippen LogP contribution in [0.25, 0.3) is 0 Å². The fraction of sp³-hybridized carbons (Fsp3) is 0.200. The third-order valence-corrected chi connectivity index (χ3v) is 4.01.